The molecule has 3 atom stereocenters. The quantitative estimate of drug-likeness (QED) is 0.697. The number of anilines is 1. The lowest BCUT2D eigenvalue weighted by atomic mass is 9.73. The molecule has 0 N–H and O–H groups in total. The van der Waals surface area contributed by atoms with E-state index in [0.717, 1.165) is 0 Å². The van der Waals surface area contributed by atoms with Gasteiger partial charge >= 0.3 is 0 Å². The predicted octanol–water partition coefficient (Wildman–Crippen LogP) is 5.08. The van der Waals surface area contributed by atoms with E-state index in [1.807, 2.05) is 0 Å². The molecule has 1 nitrogen and oxygen atoms in total. The first-order valence-corrected chi connectivity index (χ1v) is 12.6. The van der Waals surface area contributed by atoms with Crippen molar-refractivity contribution >= 4 is 13.8 Å². The summed E-state index contributed by atoms with van der Waals surface area (Å²) in [6.45, 7) is 9.93. The molecule has 120 valence electrons. The molecule has 1 aliphatic carbocycles. The van der Waals surface area contributed by atoms with Gasteiger partial charge in [-0.2, -0.15) is 0 Å². The highest BCUT2D eigenvalue weighted by molar-refractivity contribution is 6.76. The number of para-hydroxylation sites is 1. The van der Waals surface area contributed by atoms with E-state index in [1.165, 1.54) is 18.3 Å². The molecule has 2 aromatic rings. The zero-order valence-corrected chi connectivity index (χ0v) is 15.7. The molecule has 0 aromatic heterocycles. The minimum absolute atomic E-state index is 0.558. The van der Waals surface area contributed by atoms with Crippen LogP contribution in [0, 0.1) is 5.92 Å². The van der Waals surface area contributed by atoms with E-state index in [1.54, 1.807) is 16.7 Å². The summed E-state index contributed by atoms with van der Waals surface area (Å²) in [6.07, 6.45) is 2.48. The van der Waals surface area contributed by atoms with Crippen LogP contribution in [0.5, 0.6) is 0 Å². The van der Waals surface area contributed by atoms with Crippen LogP contribution in [-0.2, 0) is 6.42 Å². The van der Waals surface area contributed by atoms with Gasteiger partial charge in [-0.05, 0) is 35.1 Å². The lowest BCUT2D eigenvalue weighted by Crippen LogP contribution is -2.49. The molecule has 0 bridgehead atoms. The Balaban J connectivity index is 1.88. The van der Waals surface area contributed by atoms with Gasteiger partial charge in [-0.25, -0.2) is 0 Å². The maximum atomic E-state index is 2.77. The van der Waals surface area contributed by atoms with Crippen molar-refractivity contribution in [2.75, 3.05) is 11.1 Å². The fraction of sp³-hybridized carbons (Fsp3) is 0.429. The molecule has 0 radical (unpaired) electrons. The van der Waals surface area contributed by atoms with Crippen LogP contribution in [0.25, 0.3) is 0 Å². The molecule has 0 saturated carbocycles. The number of benzene rings is 2. The Kier molecular flexibility index (Phi) is 3.42. The van der Waals surface area contributed by atoms with Gasteiger partial charge in [-0.15, -0.1) is 0 Å². The molecule has 3 unspecified atom stereocenters. The maximum Gasteiger partial charge on any atom is 0.0665 e. The summed E-state index contributed by atoms with van der Waals surface area (Å²) in [5.74, 6) is 1.26. The first-order valence-electron chi connectivity index (χ1n) is 8.89. The SMILES string of the molecule is CC1Cc2ccccc2C2c3ccccc3N(C[Si](C)(C)C)C12. The smallest absolute Gasteiger partial charge is 0.0665 e. The fourth-order valence-corrected chi connectivity index (χ4v) is 6.12. The van der Waals surface area contributed by atoms with Crippen LogP contribution in [0.4, 0.5) is 5.69 Å². The minimum Gasteiger partial charge on any atom is -0.370 e. The second-order valence-corrected chi connectivity index (χ2v) is 14.0. The zero-order chi connectivity index (χ0) is 16.2. The Bertz CT molecular complexity index is 731. The lowest BCUT2D eigenvalue weighted by molar-refractivity contribution is 0.392. The summed E-state index contributed by atoms with van der Waals surface area (Å²) in [4.78, 5) is 2.77. The van der Waals surface area contributed by atoms with Gasteiger partial charge in [0.25, 0.3) is 0 Å². The summed E-state index contributed by atoms with van der Waals surface area (Å²) >= 11 is 0. The molecule has 0 spiro atoms. The number of fused-ring (bicyclic) bond motifs is 5. The van der Waals surface area contributed by atoms with E-state index in [9.17, 15) is 0 Å². The van der Waals surface area contributed by atoms with Crippen molar-refractivity contribution in [3.05, 3.63) is 65.2 Å². The van der Waals surface area contributed by atoms with Crippen molar-refractivity contribution in [3.63, 3.8) is 0 Å². The Morgan fingerprint density at radius 2 is 1.61 bits per heavy atom. The van der Waals surface area contributed by atoms with Crippen molar-refractivity contribution in [2.45, 2.75) is 44.9 Å². The second-order valence-electron chi connectivity index (χ2n) is 8.60. The van der Waals surface area contributed by atoms with Crippen LogP contribution in [0.15, 0.2) is 48.5 Å². The summed E-state index contributed by atoms with van der Waals surface area (Å²) in [6, 6.07) is 18.9. The molecule has 1 heterocycles. The summed E-state index contributed by atoms with van der Waals surface area (Å²) < 4.78 is 0. The Morgan fingerprint density at radius 3 is 2.35 bits per heavy atom. The van der Waals surface area contributed by atoms with Crippen LogP contribution in [0.1, 0.15) is 29.5 Å². The number of hydrogen-bond acceptors (Lipinski definition) is 1. The van der Waals surface area contributed by atoms with Gasteiger partial charge < -0.3 is 4.90 Å². The molecule has 1 aliphatic heterocycles. The fourth-order valence-electron chi connectivity index (χ4n) is 4.72. The molecule has 0 amide bonds. The highest BCUT2D eigenvalue weighted by Gasteiger charge is 2.46. The van der Waals surface area contributed by atoms with Gasteiger partial charge in [0, 0.05) is 23.8 Å². The Hall–Kier alpha value is -1.54. The lowest BCUT2D eigenvalue weighted by Gasteiger charge is -2.41. The molecular weight excluding hydrogens is 294 g/mol. The minimum atomic E-state index is -1.16. The number of nitrogens with zero attached hydrogens (tertiary/aromatic N) is 1. The van der Waals surface area contributed by atoms with Crippen molar-refractivity contribution in [1.82, 2.24) is 0 Å². The van der Waals surface area contributed by atoms with Gasteiger partial charge in [0.2, 0.25) is 0 Å². The summed E-state index contributed by atoms with van der Waals surface area (Å²) in [5, 5.41) is 0. The van der Waals surface area contributed by atoms with Crippen molar-refractivity contribution in [3.8, 4) is 0 Å². The first-order chi connectivity index (χ1) is 11.0. The average molecular weight is 322 g/mol. The highest BCUT2D eigenvalue weighted by atomic mass is 28.3. The molecule has 2 aromatic carbocycles. The normalized spacial score (nSPS) is 25.7. The van der Waals surface area contributed by atoms with Crippen molar-refractivity contribution in [1.29, 1.82) is 0 Å². The molecule has 2 aliphatic rings. The average Bonchev–Trinajstić information content (AvgIpc) is 2.82. The van der Waals surface area contributed by atoms with E-state index < -0.39 is 8.07 Å². The van der Waals surface area contributed by atoms with Crippen LogP contribution in [0.2, 0.25) is 19.6 Å². The second kappa shape index (κ2) is 5.24. The molecule has 0 fully saturated rings. The van der Waals surface area contributed by atoms with Crippen LogP contribution in [0.3, 0.4) is 0 Å². The predicted molar refractivity (Wildman–Crippen MR) is 102 cm³/mol. The van der Waals surface area contributed by atoms with E-state index in [2.05, 4.69) is 80.0 Å². The Labute approximate surface area is 141 Å². The molecule has 4 rings (SSSR count). The summed E-state index contributed by atoms with van der Waals surface area (Å²) in [5.41, 5.74) is 6.18. The molecule has 23 heavy (non-hydrogen) atoms. The van der Waals surface area contributed by atoms with Gasteiger partial charge in [0.1, 0.15) is 0 Å². The number of hydrogen-bond donors (Lipinski definition) is 0. The number of rotatable bonds is 2. The van der Waals surface area contributed by atoms with E-state index in [0.29, 0.717) is 17.9 Å². The molecule has 2 heteroatoms. The van der Waals surface area contributed by atoms with Crippen LogP contribution < -0.4 is 4.90 Å². The third-order valence-electron chi connectivity index (χ3n) is 5.44. The standard InChI is InChI=1S/C21H27NSi/c1-15-13-16-9-5-6-10-17(16)20-18-11-7-8-12-19(18)22(21(15)20)14-23(2,3)4/h5-12,15,20-21H,13-14H2,1-4H3. The third-order valence-corrected chi connectivity index (χ3v) is 6.73. The van der Waals surface area contributed by atoms with Crippen molar-refractivity contribution in [2.24, 2.45) is 5.92 Å². The highest BCUT2D eigenvalue weighted by Crippen LogP contribution is 2.51. The topological polar surface area (TPSA) is 3.24 Å². The van der Waals surface area contributed by atoms with Gasteiger partial charge in [-0.3, -0.25) is 0 Å². The largest absolute Gasteiger partial charge is 0.370 e. The van der Waals surface area contributed by atoms with Gasteiger partial charge in [-0.1, -0.05) is 69.0 Å². The zero-order valence-electron chi connectivity index (χ0n) is 14.7. The molecular formula is C21H27NSi. The van der Waals surface area contributed by atoms with Gasteiger partial charge in [0.05, 0.1) is 8.07 Å². The first kappa shape index (κ1) is 15.0. The van der Waals surface area contributed by atoms with E-state index in [-0.39, 0.29) is 0 Å². The summed E-state index contributed by atoms with van der Waals surface area (Å²) in [7, 11) is -1.16. The monoisotopic (exact) mass is 321 g/mol. The van der Waals surface area contributed by atoms with E-state index in [4.69, 9.17) is 0 Å². The maximum absolute atomic E-state index is 2.77. The third kappa shape index (κ3) is 2.44. The van der Waals surface area contributed by atoms with Crippen LogP contribution >= 0.6 is 0 Å². The molecule has 0 saturated heterocycles. The van der Waals surface area contributed by atoms with E-state index >= 15 is 0 Å². The Morgan fingerprint density at radius 1 is 0.957 bits per heavy atom. The van der Waals surface area contributed by atoms with Crippen molar-refractivity contribution < 1.29 is 0 Å². The van der Waals surface area contributed by atoms with Crippen LogP contribution in [-0.4, -0.2) is 20.3 Å². The van der Waals surface area contributed by atoms with Gasteiger partial charge in [0.15, 0.2) is 0 Å².